The summed E-state index contributed by atoms with van der Waals surface area (Å²) in [7, 11) is 0. The Balaban J connectivity index is 2.34. The summed E-state index contributed by atoms with van der Waals surface area (Å²) in [6.07, 6.45) is 1.43. The summed E-state index contributed by atoms with van der Waals surface area (Å²) in [6, 6.07) is 0.999. The molecule has 3 N–H and O–H groups in total. The minimum atomic E-state index is -0.535. The van der Waals surface area contributed by atoms with Crippen molar-refractivity contribution in [3.8, 4) is 5.88 Å². The fourth-order valence-electron chi connectivity index (χ4n) is 0.991. The van der Waals surface area contributed by atoms with Crippen LogP contribution in [0.3, 0.4) is 0 Å². The predicted octanol–water partition coefficient (Wildman–Crippen LogP) is 1.23. The van der Waals surface area contributed by atoms with Crippen LogP contribution in [0.15, 0.2) is 12.3 Å². The fraction of sp³-hybridized carbons (Fsp3) is 0.400. The van der Waals surface area contributed by atoms with E-state index in [1.165, 1.54) is 12.3 Å². The van der Waals surface area contributed by atoms with Crippen molar-refractivity contribution in [2.24, 2.45) is 5.73 Å². The van der Waals surface area contributed by atoms with Crippen LogP contribution < -0.4 is 15.8 Å². The van der Waals surface area contributed by atoms with Gasteiger partial charge >= 0.3 is 0 Å². The first-order chi connectivity index (χ1) is 8.00. The maximum Gasteiger partial charge on any atom is 0.236 e. The average molecular weight is 278 g/mol. The zero-order chi connectivity index (χ0) is 12.8. The van der Waals surface area contributed by atoms with E-state index < -0.39 is 6.04 Å². The molecule has 94 valence electrons. The number of amides is 1. The predicted molar refractivity (Wildman–Crippen MR) is 66.4 cm³/mol. The maximum absolute atomic E-state index is 11.1. The number of hydrogen-bond donors (Lipinski definition) is 2. The van der Waals surface area contributed by atoms with E-state index >= 15 is 0 Å². The highest BCUT2D eigenvalue weighted by Gasteiger charge is 2.07. The molecule has 1 rings (SSSR count). The Kier molecular flexibility index (Phi) is 5.47. The zero-order valence-electron chi connectivity index (χ0n) is 9.24. The van der Waals surface area contributed by atoms with Gasteiger partial charge in [0.2, 0.25) is 11.8 Å². The minimum Gasteiger partial charge on any atom is -0.475 e. The average Bonchev–Trinajstić information content (AvgIpc) is 2.26. The molecular weight excluding hydrogens is 265 g/mol. The Morgan fingerprint density at radius 1 is 1.65 bits per heavy atom. The number of aromatic nitrogens is 1. The lowest BCUT2D eigenvalue weighted by atomic mass is 10.3. The molecule has 1 unspecified atom stereocenters. The highest BCUT2D eigenvalue weighted by Crippen LogP contribution is 2.24. The molecule has 0 bridgehead atoms. The Hall–Kier alpha value is -1.04. The van der Waals surface area contributed by atoms with Crippen molar-refractivity contribution in [1.29, 1.82) is 0 Å². The molecule has 0 saturated heterocycles. The molecule has 0 aliphatic heterocycles. The summed E-state index contributed by atoms with van der Waals surface area (Å²) in [6.45, 7) is 2.20. The monoisotopic (exact) mass is 277 g/mol. The van der Waals surface area contributed by atoms with Gasteiger partial charge in [-0.1, -0.05) is 23.2 Å². The molecule has 0 aliphatic rings. The third-order valence-corrected chi connectivity index (χ3v) is 2.31. The van der Waals surface area contributed by atoms with Gasteiger partial charge in [0.05, 0.1) is 17.6 Å². The molecular formula is C10H13Cl2N3O2. The lowest BCUT2D eigenvalue weighted by Gasteiger charge is -2.09. The summed E-state index contributed by atoms with van der Waals surface area (Å²) in [5.74, 6) is 0.0508. The van der Waals surface area contributed by atoms with E-state index in [0.29, 0.717) is 16.6 Å². The van der Waals surface area contributed by atoms with Crippen LogP contribution in [0, 0.1) is 0 Å². The number of nitrogens with two attached hydrogens (primary N) is 1. The second-order valence-corrected chi connectivity index (χ2v) is 4.21. The Morgan fingerprint density at radius 2 is 2.35 bits per heavy atom. The topological polar surface area (TPSA) is 77.2 Å². The second-order valence-electron chi connectivity index (χ2n) is 3.37. The van der Waals surface area contributed by atoms with Gasteiger partial charge in [0, 0.05) is 6.20 Å². The van der Waals surface area contributed by atoms with Gasteiger partial charge in [0.1, 0.15) is 11.6 Å². The molecule has 1 amide bonds. The van der Waals surface area contributed by atoms with E-state index in [2.05, 4.69) is 10.3 Å². The molecule has 0 fully saturated rings. The molecule has 17 heavy (non-hydrogen) atoms. The smallest absolute Gasteiger partial charge is 0.236 e. The normalized spacial score (nSPS) is 12.0. The number of carbonyl (C=O) groups is 1. The maximum atomic E-state index is 11.1. The van der Waals surface area contributed by atoms with Crippen molar-refractivity contribution in [3.63, 3.8) is 0 Å². The number of ether oxygens (including phenoxy) is 1. The standard InChI is InChI=1S/C10H13Cl2N3O2/c1-6(13)9(16)14-2-3-17-10-8(12)4-7(11)5-15-10/h4-6H,2-3,13H2,1H3,(H,14,16). The van der Waals surface area contributed by atoms with E-state index in [1.807, 2.05) is 0 Å². The van der Waals surface area contributed by atoms with Crippen molar-refractivity contribution in [2.75, 3.05) is 13.2 Å². The van der Waals surface area contributed by atoms with Gasteiger partial charge in [-0.05, 0) is 13.0 Å². The van der Waals surface area contributed by atoms with E-state index in [1.54, 1.807) is 6.92 Å². The van der Waals surface area contributed by atoms with Crippen molar-refractivity contribution < 1.29 is 9.53 Å². The van der Waals surface area contributed by atoms with Crippen molar-refractivity contribution in [1.82, 2.24) is 10.3 Å². The van der Waals surface area contributed by atoms with Crippen LogP contribution in [0.5, 0.6) is 5.88 Å². The van der Waals surface area contributed by atoms with Gasteiger partial charge in [-0.2, -0.15) is 0 Å². The molecule has 0 aliphatic carbocycles. The van der Waals surface area contributed by atoms with Gasteiger partial charge in [-0.15, -0.1) is 0 Å². The van der Waals surface area contributed by atoms with Crippen molar-refractivity contribution in [3.05, 3.63) is 22.3 Å². The first-order valence-electron chi connectivity index (χ1n) is 4.98. The Labute approximate surface area is 109 Å². The largest absolute Gasteiger partial charge is 0.475 e. The molecule has 0 saturated carbocycles. The molecule has 1 heterocycles. The summed E-state index contributed by atoms with van der Waals surface area (Å²) in [4.78, 5) is 15.0. The molecule has 0 radical (unpaired) electrons. The van der Waals surface area contributed by atoms with Gasteiger partial charge in [-0.3, -0.25) is 4.79 Å². The first-order valence-corrected chi connectivity index (χ1v) is 5.73. The molecule has 7 heteroatoms. The quantitative estimate of drug-likeness (QED) is 0.794. The number of carbonyl (C=O) groups excluding carboxylic acids is 1. The number of nitrogens with one attached hydrogen (secondary N) is 1. The molecule has 1 aromatic heterocycles. The van der Waals surface area contributed by atoms with Crippen LogP contribution in [-0.4, -0.2) is 30.1 Å². The molecule has 1 aromatic rings. The third kappa shape index (κ3) is 4.77. The minimum absolute atomic E-state index is 0.233. The van der Waals surface area contributed by atoms with Crippen LogP contribution >= 0.6 is 23.2 Å². The van der Waals surface area contributed by atoms with E-state index in [0.717, 1.165) is 0 Å². The number of hydrogen-bond acceptors (Lipinski definition) is 4. The lowest BCUT2D eigenvalue weighted by Crippen LogP contribution is -2.40. The summed E-state index contributed by atoms with van der Waals surface area (Å²) in [5, 5.41) is 3.36. The first kappa shape index (κ1) is 14.0. The second kappa shape index (κ2) is 6.64. The van der Waals surface area contributed by atoms with Crippen molar-refractivity contribution >= 4 is 29.1 Å². The Bertz CT molecular complexity index is 399. The number of pyridine rings is 1. The van der Waals surface area contributed by atoms with Crippen LogP contribution in [0.4, 0.5) is 0 Å². The van der Waals surface area contributed by atoms with Gasteiger partial charge in [-0.25, -0.2) is 4.98 Å². The van der Waals surface area contributed by atoms with Crippen LogP contribution in [0.2, 0.25) is 10.0 Å². The summed E-state index contributed by atoms with van der Waals surface area (Å²) < 4.78 is 5.26. The zero-order valence-corrected chi connectivity index (χ0v) is 10.8. The van der Waals surface area contributed by atoms with Crippen molar-refractivity contribution in [2.45, 2.75) is 13.0 Å². The van der Waals surface area contributed by atoms with E-state index in [9.17, 15) is 4.79 Å². The summed E-state index contributed by atoms with van der Waals surface area (Å²) >= 11 is 11.5. The molecule has 5 nitrogen and oxygen atoms in total. The Morgan fingerprint density at radius 3 is 2.94 bits per heavy atom. The highest BCUT2D eigenvalue weighted by atomic mass is 35.5. The van der Waals surface area contributed by atoms with Crippen LogP contribution in [0.1, 0.15) is 6.92 Å². The third-order valence-electron chi connectivity index (χ3n) is 1.83. The van der Waals surface area contributed by atoms with E-state index in [4.69, 9.17) is 33.7 Å². The van der Waals surface area contributed by atoms with Crippen LogP contribution in [0.25, 0.3) is 0 Å². The van der Waals surface area contributed by atoms with Gasteiger partial charge < -0.3 is 15.8 Å². The number of rotatable bonds is 5. The number of nitrogens with zero attached hydrogens (tertiary/aromatic N) is 1. The summed E-state index contributed by atoms with van der Waals surface area (Å²) in [5.41, 5.74) is 5.37. The molecule has 0 aromatic carbocycles. The lowest BCUT2D eigenvalue weighted by molar-refractivity contribution is -0.122. The van der Waals surface area contributed by atoms with Gasteiger partial charge in [0.15, 0.2) is 0 Å². The molecule has 1 atom stereocenters. The SMILES string of the molecule is CC(N)C(=O)NCCOc1ncc(Cl)cc1Cl. The fourth-order valence-corrected chi connectivity index (χ4v) is 1.43. The number of halogens is 2. The van der Waals surface area contributed by atoms with Crippen LogP contribution in [-0.2, 0) is 4.79 Å². The highest BCUT2D eigenvalue weighted by molar-refractivity contribution is 6.35. The van der Waals surface area contributed by atoms with E-state index in [-0.39, 0.29) is 18.4 Å². The van der Waals surface area contributed by atoms with Gasteiger partial charge in [0.25, 0.3) is 0 Å². The molecule has 0 spiro atoms.